The van der Waals surface area contributed by atoms with Crippen LogP contribution in [0.5, 0.6) is 0 Å². The second kappa shape index (κ2) is 6.70. The zero-order valence-electron chi connectivity index (χ0n) is 12.0. The number of thioether (sulfide) groups is 1. The summed E-state index contributed by atoms with van der Waals surface area (Å²) < 4.78 is 0.230. The second-order valence-electron chi connectivity index (χ2n) is 5.97. The molecule has 0 spiro atoms. The molecule has 2 rings (SSSR count). The van der Waals surface area contributed by atoms with Crippen molar-refractivity contribution in [2.24, 2.45) is 5.92 Å². The van der Waals surface area contributed by atoms with Crippen LogP contribution in [-0.2, 0) is 4.79 Å². The van der Waals surface area contributed by atoms with Gasteiger partial charge in [0.2, 0.25) is 0 Å². The summed E-state index contributed by atoms with van der Waals surface area (Å²) in [7, 11) is 0. The van der Waals surface area contributed by atoms with E-state index in [9.17, 15) is 9.59 Å². The highest BCUT2D eigenvalue weighted by Gasteiger charge is 2.36. The molecular formula is C14H24N2O3S. The third-order valence-electron chi connectivity index (χ3n) is 4.63. The molecule has 5 nitrogen and oxygen atoms in total. The molecule has 2 atom stereocenters. The Morgan fingerprint density at radius 1 is 1.30 bits per heavy atom. The molecule has 2 aliphatic carbocycles. The molecule has 114 valence electrons. The van der Waals surface area contributed by atoms with Gasteiger partial charge in [0.15, 0.2) is 0 Å². The third kappa shape index (κ3) is 3.81. The van der Waals surface area contributed by atoms with Crippen molar-refractivity contribution in [1.82, 2.24) is 10.6 Å². The van der Waals surface area contributed by atoms with Crippen molar-refractivity contribution in [3.8, 4) is 0 Å². The van der Waals surface area contributed by atoms with Gasteiger partial charge < -0.3 is 15.7 Å². The number of carbonyl (C=O) groups excluding carboxylic acids is 1. The standard InChI is InChI=1S/C14H24N2O3S/c1-20-14(6-3-7-14)9-15-13(19)16-11-5-2-4-10(8-11)12(17)18/h10-11H,2-9H2,1H3,(H,17,18)(H2,15,16,19). The van der Waals surface area contributed by atoms with Crippen molar-refractivity contribution in [3.05, 3.63) is 0 Å². The molecule has 20 heavy (non-hydrogen) atoms. The lowest BCUT2D eigenvalue weighted by atomic mass is 9.84. The summed E-state index contributed by atoms with van der Waals surface area (Å²) in [5.74, 6) is -1.05. The van der Waals surface area contributed by atoms with E-state index in [4.69, 9.17) is 5.11 Å². The molecule has 0 radical (unpaired) electrons. The second-order valence-corrected chi connectivity index (χ2v) is 7.24. The fourth-order valence-corrected chi connectivity index (χ4v) is 3.96. The summed E-state index contributed by atoms with van der Waals surface area (Å²) in [5, 5.41) is 14.9. The topological polar surface area (TPSA) is 78.4 Å². The highest BCUT2D eigenvalue weighted by molar-refractivity contribution is 8.00. The molecule has 2 fully saturated rings. The van der Waals surface area contributed by atoms with E-state index in [0.29, 0.717) is 13.0 Å². The molecule has 2 saturated carbocycles. The summed E-state index contributed by atoms with van der Waals surface area (Å²) in [6.07, 6.45) is 8.70. The molecule has 3 N–H and O–H groups in total. The molecule has 0 bridgehead atoms. The van der Waals surface area contributed by atoms with Crippen LogP contribution in [0.1, 0.15) is 44.9 Å². The Labute approximate surface area is 124 Å². The van der Waals surface area contributed by atoms with Gasteiger partial charge in [0, 0.05) is 17.3 Å². The number of hydrogen-bond acceptors (Lipinski definition) is 3. The molecule has 0 aromatic rings. The first kappa shape index (κ1) is 15.5. The predicted octanol–water partition coefficient (Wildman–Crippen LogP) is 2.21. The van der Waals surface area contributed by atoms with Crippen LogP contribution in [0.3, 0.4) is 0 Å². The van der Waals surface area contributed by atoms with E-state index in [1.165, 1.54) is 19.3 Å². The summed E-state index contributed by atoms with van der Waals surface area (Å²) in [6.45, 7) is 0.703. The van der Waals surface area contributed by atoms with Crippen LogP contribution in [0, 0.1) is 5.92 Å². The number of aliphatic carboxylic acids is 1. The summed E-state index contributed by atoms with van der Waals surface area (Å²) in [6, 6.07) is -0.155. The zero-order valence-corrected chi connectivity index (χ0v) is 12.8. The lowest BCUT2D eigenvalue weighted by Crippen LogP contribution is -2.50. The van der Waals surface area contributed by atoms with Gasteiger partial charge >= 0.3 is 12.0 Å². The Balaban J connectivity index is 1.72. The van der Waals surface area contributed by atoms with Crippen molar-refractivity contribution in [2.75, 3.05) is 12.8 Å². The van der Waals surface area contributed by atoms with Gasteiger partial charge in [-0.05, 0) is 38.4 Å². The Hall–Kier alpha value is -0.910. The largest absolute Gasteiger partial charge is 0.481 e. The van der Waals surface area contributed by atoms with Gasteiger partial charge in [-0.2, -0.15) is 11.8 Å². The maximum Gasteiger partial charge on any atom is 0.315 e. The quantitative estimate of drug-likeness (QED) is 0.727. The average Bonchev–Trinajstić information content (AvgIpc) is 2.38. The van der Waals surface area contributed by atoms with Gasteiger partial charge in [-0.3, -0.25) is 4.79 Å². The predicted molar refractivity (Wildman–Crippen MR) is 80.0 cm³/mol. The van der Waals surface area contributed by atoms with Crippen LogP contribution < -0.4 is 10.6 Å². The minimum atomic E-state index is -0.743. The van der Waals surface area contributed by atoms with Crippen LogP contribution in [0.2, 0.25) is 0 Å². The SMILES string of the molecule is CSC1(CNC(=O)NC2CCCC(C(=O)O)C2)CCC1. The maximum atomic E-state index is 11.9. The smallest absolute Gasteiger partial charge is 0.315 e. The lowest BCUT2D eigenvalue weighted by molar-refractivity contribution is -0.143. The first-order valence-electron chi connectivity index (χ1n) is 7.37. The van der Waals surface area contributed by atoms with Gasteiger partial charge in [0.1, 0.15) is 0 Å². The Kier molecular flexibility index (Phi) is 5.18. The Morgan fingerprint density at radius 3 is 2.60 bits per heavy atom. The third-order valence-corrected chi connectivity index (χ3v) is 6.05. The number of carboxylic acid groups (broad SMARTS) is 1. The molecule has 0 aromatic heterocycles. The van der Waals surface area contributed by atoms with Crippen molar-refractivity contribution in [1.29, 1.82) is 0 Å². The molecule has 0 aromatic carbocycles. The number of nitrogens with one attached hydrogen (secondary N) is 2. The van der Waals surface area contributed by atoms with E-state index in [0.717, 1.165) is 19.3 Å². The highest BCUT2D eigenvalue weighted by atomic mass is 32.2. The summed E-state index contributed by atoms with van der Waals surface area (Å²) in [4.78, 5) is 22.9. The van der Waals surface area contributed by atoms with Crippen LogP contribution in [0.15, 0.2) is 0 Å². The van der Waals surface area contributed by atoms with Crippen molar-refractivity contribution >= 4 is 23.8 Å². The Bertz CT molecular complexity index is 366. The minimum absolute atomic E-state index is 0.00327. The maximum absolute atomic E-state index is 11.9. The van der Waals surface area contributed by atoms with E-state index in [2.05, 4.69) is 16.9 Å². The van der Waals surface area contributed by atoms with Crippen LogP contribution in [0.25, 0.3) is 0 Å². The molecule has 2 aliphatic rings. The molecule has 0 heterocycles. The number of rotatable bonds is 5. The first-order chi connectivity index (χ1) is 9.54. The summed E-state index contributed by atoms with van der Waals surface area (Å²) >= 11 is 1.83. The van der Waals surface area contributed by atoms with Crippen molar-refractivity contribution in [3.63, 3.8) is 0 Å². The van der Waals surface area contributed by atoms with Gasteiger partial charge in [0.05, 0.1) is 5.92 Å². The average molecular weight is 300 g/mol. The van der Waals surface area contributed by atoms with Gasteiger partial charge in [0.25, 0.3) is 0 Å². The summed E-state index contributed by atoms with van der Waals surface area (Å²) in [5.41, 5.74) is 0. The Morgan fingerprint density at radius 2 is 2.05 bits per heavy atom. The van der Waals surface area contributed by atoms with Crippen LogP contribution in [-0.4, -0.2) is 40.7 Å². The number of urea groups is 1. The van der Waals surface area contributed by atoms with Crippen molar-refractivity contribution in [2.45, 2.75) is 55.7 Å². The normalized spacial score (nSPS) is 28.2. The number of carbonyl (C=O) groups is 2. The fraction of sp³-hybridized carbons (Fsp3) is 0.857. The van der Waals surface area contributed by atoms with E-state index in [1.807, 2.05) is 11.8 Å². The molecule has 6 heteroatoms. The van der Waals surface area contributed by atoms with E-state index in [-0.39, 0.29) is 22.7 Å². The monoisotopic (exact) mass is 300 g/mol. The minimum Gasteiger partial charge on any atom is -0.481 e. The van der Waals surface area contributed by atoms with E-state index >= 15 is 0 Å². The number of hydrogen-bond donors (Lipinski definition) is 3. The van der Waals surface area contributed by atoms with E-state index < -0.39 is 5.97 Å². The highest BCUT2D eigenvalue weighted by Crippen LogP contribution is 2.42. The molecule has 2 amide bonds. The van der Waals surface area contributed by atoms with Gasteiger partial charge in [-0.15, -0.1) is 0 Å². The molecule has 0 saturated heterocycles. The van der Waals surface area contributed by atoms with Gasteiger partial charge in [-0.25, -0.2) is 4.79 Å². The van der Waals surface area contributed by atoms with Crippen LogP contribution >= 0.6 is 11.8 Å². The number of carboxylic acids is 1. The fourth-order valence-electron chi connectivity index (χ4n) is 3.05. The van der Waals surface area contributed by atoms with Gasteiger partial charge in [-0.1, -0.05) is 12.8 Å². The molecular weight excluding hydrogens is 276 g/mol. The van der Waals surface area contributed by atoms with Crippen molar-refractivity contribution < 1.29 is 14.7 Å². The molecule has 0 aliphatic heterocycles. The molecule has 2 unspecified atom stereocenters. The zero-order chi connectivity index (χ0) is 14.6. The number of amides is 2. The lowest BCUT2D eigenvalue weighted by Gasteiger charge is -2.40. The van der Waals surface area contributed by atoms with E-state index in [1.54, 1.807) is 0 Å². The van der Waals surface area contributed by atoms with Crippen LogP contribution in [0.4, 0.5) is 4.79 Å². The first-order valence-corrected chi connectivity index (χ1v) is 8.59.